The fourth-order valence-electron chi connectivity index (χ4n) is 3.83. The monoisotopic (exact) mass is 396 g/mol. The molecule has 0 saturated carbocycles. The van der Waals surface area contributed by atoms with Gasteiger partial charge in [-0.3, -0.25) is 14.5 Å². The molecule has 1 fully saturated rings. The first-order chi connectivity index (χ1) is 13.7. The van der Waals surface area contributed by atoms with Crippen molar-refractivity contribution in [3.05, 3.63) is 62.7 Å². The van der Waals surface area contributed by atoms with Crippen LogP contribution in [0.3, 0.4) is 0 Å². The Morgan fingerprint density at radius 1 is 1.18 bits per heavy atom. The van der Waals surface area contributed by atoms with E-state index in [0.717, 1.165) is 13.1 Å². The minimum atomic E-state index is -0.237. The third-order valence-corrected chi connectivity index (χ3v) is 6.26. The summed E-state index contributed by atoms with van der Waals surface area (Å²) in [5, 5.41) is 10.6. The van der Waals surface area contributed by atoms with Gasteiger partial charge in [0, 0.05) is 23.4 Å². The number of hydrogen-bond donors (Lipinski definition) is 1. The Bertz CT molecular complexity index is 1020. The largest absolute Gasteiger partial charge is 0.349 e. The van der Waals surface area contributed by atoms with E-state index in [1.807, 2.05) is 19.1 Å². The second-order valence-corrected chi connectivity index (χ2v) is 7.98. The number of hydrogen-bond acceptors (Lipinski definition) is 5. The molecule has 1 atom stereocenters. The van der Waals surface area contributed by atoms with Gasteiger partial charge in [-0.25, -0.2) is 4.68 Å². The topological polar surface area (TPSA) is 67.2 Å². The van der Waals surface area contributed by atoms with Gasteiger partial charge in [0.2, 0.25) is 0 Å². The minimum Gasteiger partial charge on any atom is -0.349 e. The summed E-state index contributed by atoms with van der Waals surface area (Å²) in [7, 11) is 0. The van der Waals surface area contributed by atoms with E-state index in [1.165, 1.54) is 22.4 Å². The first kappa shape index (κ1) is 18.8. The van der Waals surface area contributed by atoms with Gasteiger partial charge in [0.25, 0.3) is 11.5 Å². The van der Waals surface area contributed by atoms with Crippen LogP contribution in [-0.4, -0.2) is 40.2 Å². The van der Waals surface area contributed by atoms with Crippen molar-refractivity contribution in [2.24, 2.45) is 0 Å². The molecule has 7 heteroatoms. The highest BCUT2D eigenvalue weighted by molar-refractivity contribution is 7.10. The van der Waals surface area contributed by atoms with Gasteiger partial charge < -0.3 is 5.32 Å². The molecule has 0 unspecified atom stereocenters. The molecule has 146 valence electrons. The number of aromatic nitrogens is 2. The second kappa shape index (κ2) is 8.24. The Kier molecular flexibility index (Phi) is 5.54. The fourth-order valence-corrected chi connectivity index (χ4v) is 4.69. The van der Waals surface area contributed by atoms with Crippen molar-refractivity contribution < 1.29 is 4.79 Å². The van der Waals surface area contributed by atoms with Crippen LogP contribution in [0.25, 0.3) is 10.8 Å². The summed E-state index contributed by atoms with van der Waals surface area (Å²) in [5.41, 5.74) is 0.145. The van der Waals surface area contributed by atoms with Crippen LogP contribution in [0.4, 0.5) is 0 Å². The molecule has 1 aliphatic rings. The average molecular weight is 397 g/mol. The molecular weight excluding hydrogens is 372 g/mol. The van der Waals surface area contributed by atoms with Crippen LogP contribution in [0, 0.1) is 0 Å². The van der Waals surface area contributed by atoms with E-state index < -0.39 is 0 Å². The molecule has 28 heavy (non-hydrogen) atoms. The summed E-state index contributed by atoms with van der Waals surface area (Å²) in [5.74, 6) is -0.237. The molecule has 0 radical (unpaired) electrons. The fraction of sp³-hybridized carbons (Fsp3) is 0.381. The van der Waals surface area contributed by atoms with Gasteiger partial charge in [-0.2, -0.15) is 5.10 Å². The van der Waals surface area contributed by atoms with Gasteiger partial charge in [0.15, 0.2) is 5.69 Å². The maximum Gasteiger partial charge on any atom is 0.274 e. The Morgan fingerprint density at radius 3 is 2.61 bits per heavy atom. The highest BCUT2D eigenvalue weighted by Crippen LogP contribution is 2.28. The third kappa shape index (κ3) is 3.59. The summed E-state index contributed by atoms with van der Waals surface area (Å²) >= 11 is 1.72. The summed E-state index contributed by atoms with van der Waals surface area (Å²) in [4.78, 5) is 29.2. The molecule has 0 aliphatic carbocycles. The van der Waals surface area contributed by atoms with Crippen LogP contribution in [-0.2, 0) is 6.54 Å². The van der Waals surface area contributed by atoms with Crippen LogP contribution >= 0.6 is 11.3 Å². The molecule has 2 aromatic heterocycles. The Hall–Kier alpha value is -2.51. The standard InChI is InChI=1S/C21H24N4O2S/c1-2-25-21(27)16-9-4-3-8-15(16)19(23-25)20(26)22-14-17(18-10-7-13-28-18)24-11-5-6-12-24/h3-4,7-10,13,17H,2,5-6,11-12,14H2,1H3,(H,22,26)/t17-/m1/s1. The lowest BCUT2D eigenvalue weighted by Gasteiger charge is -2.27. The van der Waals surface area contributed by atoms with Crippen molar-refractivity contribution in [3.8, 4) is 0 Å². The SMILES string of the molecule is CCn1nc(C(=O)NC[C@H](c2cccs2)N2CCCC2)c2ccccc2c1=O. The van der Waals surface area contributed by atoms with Crippen LogP contribution < -0.4 is 10.9 Å². The molecule has 1 saturated heterocycles. The van der Waals surface area contributed by atoms with Gasteiger partial charge >= 0.3 is 0 Å². The van der Waals surface area contributed by atoms with Gasteiger partial charge in [-0.1, -0.05) is 24.3 Å². The third-order valence-electron chi connectivity index (χ3n) is 5.29. The van der Waals surface area contributed by atoms with E-state index in [2.05, 4.69) is 32.8 Å². The number of fused-ring (bicyclic) bond motifs is 1. The molecule has 1 aromatic carbocycles. The maximum absolute atomic E-state index is 13.0. The summed E-state index contributed by atoms with van der Waals surface area (Å²) in [6.45, 7) is 4.92. The predicted octanol–water partition coefficient (Wildman–Crippen LogP) is 3.04. The Morgan fingerprint density at radius 2 is 1.93 bits per heavy atom. The number of amides is 1. The van der Waals surface area contributed by atoms with Gasteiger partial charge in [0.05, 0.1) is 11.4 Å². The van der Waals surface area contributed by atoms with E-state index in [1.54, 1.807) is 23.5 Å². The van der Waals surface area contributed by atoms with E-state index in [-0.39, 0.29) is 17.5 Å². The van der Waals surface area contributed by atoms with E-state index >= 15 is 0 Å². The minimum absolute atomic E-state index is 0.164. The van der Waals surface area contributed by atoms with Crippen molar-refractivity contribution in [1.29, 1.82) is 0 Å². The summed E-state index contributed by atoms with van der Waals surface area (Å²) in [6, 6.07) is 11.5. The van der Waals surface area contributed by atoms with Crippen molar-refractivity contribution in [3.63, 3.8) is 0 Å². The number of likely N-dealkylation sites (tertiary alicyclic amines) is 1. The van der Waals surface area contributed by atoms with Gasteiger partial charge in [-0.15, -0.1) is 11.3 Å². The first-order valence-electron chi connectivity index (χ1n) is 9.74. The van der Waals surface area contributed by atoms with Gasteiger partial charge in [-0.05, 0) is 50.4 Å². The van der Waals surface area contributed by atoms with Crippen LogP contribution in [0.2, 0.25) is 0 Å². The molecule has 4 rings (SSSR count). The molecular formula is C21H24N4O2S. The number of carbonyl (C=O) groups is 1. The van der Waals surface area contributed by atoms with E-state index in [0.29, 0.717) is 29.6 Å². The van der Waals surface area contributed by atoms with Crippen LogP contribution in [0.5, 0.6) is 0 Å². The molecule has 1 amide bonds. The summed E-state index contributed by atoms with van der Waals surface area (Å²) < 4.78 is 1.36. The van der Waals surface area contributed by atoms with Crippen molar-refractivity contribution in [2.45, 2.75) is 32.4 Å². The Balaban J connectivity index is 1.61. The molecule has 0 spiro atoms. The first-order valence-corrected chi connectivity index (χ1v) is 10.6. The number of carbonyl (C=O) groups excluding carboxylic acids is 1. The number of rotatable bonds is 6. The number of nitrogens with zero attached hydrogens (tertiary/aromatic N) is 3. The molecule has 1 N–H and O–H groups in total. The van der Waals surface area contributed by atoms with Crippen LogP contribution in [0.1, 0.15) is 41.2 Å². The highest BCUT2D eigenvalue weighted by atomic mass is 32.1. The molecule has 3 aromatic rings. The van der Waals surface area contributed by atoms with E-state index in [4.69, 9.17) is 0 Å². The maximum atomic E-state index is 13.0. The van der Waals surface area contributed by atoms with Crippen molar-refractivity contribution >= 4 is 28.0 Å². The smallest absolute Gasteiger partial charge is 0.274 e. The van der Waals surface area contributed by atoms with E-state index in [9.17, 15) is 9.59 Å². The lowest BCUT2D eigenvalue weighted by atomic mass is 10.1. The highest BCUT2D eigenvalue weighted by Gasteiger charge is 2.25. The lowest BCUT2D eigenvalue weighted by Crippen LogP contribution is -2.37. The molecule has 1 aliphatic heterocycles. The molecule has 0 bridgehead atoms. The normalized spacial score (nSPS) is 15.8. The van der Waals surface area contributed by atoms with Crippen molar-refractivity contribution in [1.82, 2.24) is 20.0 Å². The number of thiophene rings is 1. The Labute approximate surface area is 167 Å². The molecule has 3 heterocycles. The average Bonchev–Trinajstić information content (AvgIpc) is 3.43. The van der Waals surface area contributed by atoms with Crippen molar-refractivity contribution in [2.75, 3.05) is 19.6 Å². The predicted molar refractivity (Wildman–Crippen MR) is 112 cm³/mol. The second-order valence-electron chi connectivity index (χ2n) is 7.00. The molecule has 6 nitrogen and oxygen atoms in total. The number of benzene rings is 1. The number of nitrogens with one attached hydrogen (secondary N) is 1. The lowest BCUT2D eigenvalue weighted by molar-refractivity contribution is 0.0933. The summed E-state index contributed by atoms with van der Waals surface area (Å²) in [6.07, 6.45) is 2.40. The zero-order chi connectivity index (χ0) is 19.5. The number of aryl methyl sites for hydroxylation is 1. The zero-order valence-electron chi connectivity index (χ0n) is 15.9. The van der Waals surface area contributed by atoms with Crippen LogP contribution in [0.15, 0.2) is 46.6 Å². The van der Waals surface area contributed by atoms with Gasteiger partial charge in [0.1, 0.15) is 0 Å². The zero-order valence-corrected chi connectivity index (χ0v) is 16.7. The quantitative estimate of drug-likeness (QED) is 0.695.